The van der Waals surface area contributed by atoms with Crippen molar-refractivity contribution in [3.63, 3.8) is 0 Å². The third-order valence-electron chi connectivity index (χ3n) is 12.3. The third-order valence-corrected chi connectivity index (χ3v) is 12.3. The maximum Gasteiger partial charge on any atom is 0.146 e. The molecular formula is C59H54N4. The number of pyridine rings is 1. The van der Waals surface area contributed by atoms with E-state index in [9.17, 15) is 0 Å². The van der Waals surface area contributed by atoms with Crippen LogP contribution in [-0.2, 0) is 0 Å². The Morgan fingerprint density at radius 3 is 2.14 bits per heavy atom. The molecule has 3 unspecified atom stereocenters. The molecule has 3 aliphatic rings. The number of aromatic nitrogens is 1. The summed E-state index contributed by atoms with van der Waals surface area (Å²) in [6, 6.07) is 50.0. The van der Waals surface area contributed by atoms with E-state index in [4.69, 9.17) is 9.98 Å². The smallest absolute Gasteiger partial charge is 0.146 e. The van der Waals surface area contributed by atoms with E-state index < -0.39 is 0 Å². The number of hydrogen-bond donors (Lipinski definition) is 2. The van der Waals surface area contributed by atoms with Gasteiger partial charge in [-0.25, -0.2) is 0 Å². The Bertz CT molecular complexity index is 2820. The molecular weight excluding hydrogens is 765 g/mol. The molecule has 2 aliphatic carbocycles. The van der Waals surface area contributed by atoms with Crippen molar-refractivity contribution < 1.29 is 0 Å². The highest BCUT2D eigenvalue weighted by Gasteiger charge is 2.26. The van der Waals surface area contributed by atoms with Crippen LogP contribution in [0.15, 0.2) is 229 Å². The SMILES string of the molecule is CC1=C(C2C=CC=CC=C2)NC(c2cncc(-c3cccc(C(C)/C=C(\NC(C)c4ccccc4C4=CCCC=C4)c4ccccc4-c4ccccc4)c3)c2)N=C1c1ccccc1. The molecule has 3 atom stereocenters. The summed E-state index contributed by atoms with van der Waals surface area (Å²) < 4.78 is 0. The van der Waals surface area contributed by atoms with Crippen LogP contribution >= 0.6 is 0 Å². The standard InChI is InChI=1S/C59H54N4/c1-41(36-56(55-35-20-19-34-54(55)45-24-13-7-14-25-45)61-43(3)52-32-17-18-33-53(52)44-22-11-6-12-23-44)48-30-21-31-49(37-48)50-38-51(40-60-39-50)59-62-57(46-26-9-4-5-10-27-46)42(2)58(63-59)47-28-15-8-16-29-47/h4-5,7-11,13-41,43,46,59,61-62H,6,12H2,1-3H3/b56-36-. The quantitative estimate of drug-likeness (QED) is 0.129. The van der Waals surface area contributed by atoms with E-state index in [2.05, 4.69) is 232 Å². The molecule has 0 bridgehead atoms. The molecule has 5 aromatic carbocycles. The maximum absolute atomic E-state index is 5.34. The van der Waals surface area contributed by atoms with Gasteiger partial charge in [-0.05, 0) is 77.3 Å². The number of aliphatic imine (C=N–C) groups is 1. The van der Waals surface area contributed by atoms with Crippen molar-refractivity contribution in [3.05, 3.63) is 257 Å². The first-order valence-electron chi connectivity index (χ1n) is 22.3. The summed E-state index contributed by atoms with van der Waals surface area (Å²) in [6.45, 7) is 6.75. The Morgan fingerprint density at radius 1 is 0.683 bits per heavy atom. The Hall–Kier alpha value is -7.30. The predicted octanol–water partition coefficient (Wildman–Crippen LogP) is 14.3. The fourth-order valence-corrected chi connectivity index (χ4v) is 8.96. The normalized spacial score (nSPS) is 17.4. The zero-order valence-corrected chi connectivity index (χ0v) is 36.3. The van der Waals surface area contributed by atoms with Crippen LogP contribution in [-0.4, -0.2) is 10.7 Å². The van der Waals surface area contributed by atoms with Crippen LogP contribution in [0.3, 0.4) is 0 Å². The second kappa shape index (κ2) is 19.2. The Morgan fingerprint density at radius 2 is 1.38 bits per heavy atom. The molecule has 0 radical (unpaired) electrons. The molecule has 0 saturated carbocycles. The van der Waals surface area contributed by atoms with Crippen LogP contribution < -0.4 is 10.6 Å². The molecule has 4 nitrogen and oxygen atoms in total. The molecule has 2 heterocycles. The van der Waals surface area contributed by atoms with Gasteiger partial charge in [0, 0.05) is 63.9 Å². The van der Waals surface area contributed by atoms with Gasteiger partial charge in [0.25, 0.3) is 0 Å². The fraction of sp³-hybridized carbons (Fsp3) is 0.153. The average molecular weight is 819 g/mol. The van der Waals surface area contributed by atoms with Crippen molar-refractivity contribution in [3.8, 4) is 22.3 Å². The lowest BCUT2D eigenvalue weighted by Crippen LogP contribution is -2.31. The van der Waals surface area contributed by atoms with E-state index in [-0.39, 0.29) is 24.0 Å². The zero-order chi connectivity index (χ0) is 43.0. The lowest BCUT2D eigenvalue weighted by atomic mass is 9.90. The highest BCUT2D eigenvalue weighted by atomic mass is 15.1. The summed E-state index contributed by atoms with van der Waals surface area (Å²) in [6.07, 6.45) is 28.0. The lowest BCUT2D eigenvalue weighted by molar-refractivity contribution is 0.580. The van der Waals surface area contributed by atoms with Crippen molar-refractivity contribution in [1.82, 2.24) is 15.6 Å². The number of hydrogen-bond acceptors (Lipinski definition) is 4. The Labute approximate surface area is 373 Å². The van der Waals surface area contributed by atoms with Gasteiger partial charge in [-0.2, -0.15) is 0 Å². The van der Waals surface area contributed by atoms with E-state index >= 15 is 0 Å². The molecule has 63 heavy (non-hydrogen) atoms. The third kappa shape index (κ3) is 9.32. The van der Waals surface area contributed by atoms with E-state index in [0.717, 1.165) is 57.8 Å². The average Bonchev–Trinajstić information content (AvgIpc) is 3.64. The highest BCUT2D eigenvalue weighted by molar-refractivity contribution is 6.13. The molecule has 0 spiro atoms. The van der Waals surface area contributed by atoms with Gasteiger partial charge in [0.15, 0.2) is 0 Å². The molecule has 2 N–H and O–H groups in total. The van der Waals surface area contributed by atoms with Crippen molar-refractivity contribution in [2.24, 2.45) is 10.9 Å². The summed E-state index contributed by atoms with van der Waals surface area (Å²) in [4.78, 5) is 10.2. The van der Waals surface area contributed by atoms with Gasteiger partial charge in [-0.1, -0.05) is 201 Å². The minimum absolute atomic E-state index is 0.0451. The van der Waals surface area contributed by atoms with Gasteiger partial charge >= 0.3 is 0 Å². The number of benzene rings is 5. The molecule has 4 heteroatoms. The van der Waals surface area contributed by atoms with Crippen molar-refractivity contribution in [1.29, 1.82) is 0 Å². The first-order valence-corrected chi connectivity index (χ1v) is 22.3. The molecule has 6 aromatic rings. The molecule has 0 saturated heterocycles. The first-order chi connectivity index (χ1) is 31.0. The van der Waals surface area contributed by atoms with Crippen LogP contribution in [0, 0.1) is 5.92 Å². The number of rotatable bonds is 12. The second-order valence-electron chi connectivity index (χ2n) is 16.6. The van der Waals surface area contributed by atoms with Crippen LogP contribution in [0.25, 0.3) is 33.5 Å². The van der Waals surface area contributed by atoms with E-state index in [1.54, 1.807) is 0 Å². The molecule has 0 fully saturated rings. The van der Waals surface area contributed by atoms with Gasteiger partial charge in [-0.3, -0.25) is 9.98 Å². The topological polar surface area (TPSA) is 49.3 Å². The molecule has 0 amide bonds. The maximum atomic E-state index is 5.34. The molecule has 9 rings (SSSR count). The van der Waals surface area contributed by atoms with Crippen LogP contribution in [0.1, 0.15) is 85.1 Å². The van der Waals surface area contributed by atoms with E-state index in [1.807, 2.05) is 12.4 Å². The first kappa shape index (κ1) is 41.1. The Balaban J connectivity index is 1.06. The van der Waals surface area contributed by atoms with Gasteiger partial charge in [-0.15, -0.1) is 0 Å². The largest absolute Gasteiger partial charge is 0.378 e. The van der Waals surface area contributed by atoms with Crippen molar-refractivity contribution in [2.45, 2.75) is 51.7 Å². The van der Waals surface area contributed by atoms with Crippen molar-refractivity contribution >= 4 is 17.0 Å². The van der Waals surface area contributed by atoms with Gasteiger partial charge in [0.05, 0.1) is 5.71 Å². The van der Waals surface area contributed by atoms with Crippen LogP contribution in [0.2, 0.25) is 0 Å². The minimum Gasteiger partial charge on any atom is -0.378 e. The molecule has 1 aromatic heterocycles. The summed E-state index contributed by atoms with van der Waals surface area (Å²) in [5.41, 5.74) is 17.4. The highest BCUT2D eigenvalue weighted by Crippen LogP contribution is 2.36. The predicted molar refractivity (Wildman–Crippen MR) is 265 cm³/mol. The number of nitrogens with one attached hydrogen (secondary N) is 2. The van der Waals surface area contributed by atoms with Crippen molar-refractivity contribution in [2.75, 3.05) is 0 Å². The number of nitrogens with zero attached hydrogens (tertiary/aromatic N) is 2. The monoisotopic (exact) mass is 818 g/mol. The van der Waals surface area contributed by atoms with Crippen LogP contribution in [0.5, 0.6) is 0 Å². The zero-order valence-electron chi connectivity index (χ0n) is 36.3. The summed E-state index contributed by atoms with van der Waals surface area (Å²) in [5, 5.41) is 7.87. The summed E-state index contributed by atoms with van der Waals surface area (Å²) in [5.74, 6) is 0.185. The molecule has 1 aliphatic heterocycles. The van der Waals surface area contributed by atoms with E-state index in [1.165, 1.54) is 39.0 Å². The van der Waals surface area contributed by atoms with Crippen LogP contribution in [0.4, 0.5) is 0 Å². The second-order valence-corrected chi connectivity index (χ2v) is 16.6. The number of allylic oxidation sites excluding steroid dienone is 11. The Kier molecular flexibility index (Phi) is 12.5. The van der Waals surface area contributed by atoms with Gasteiger partial charge in [0.2, 0.25) is 0 Å². The minimum atomic E-state index is -0.301. The summed E-state index contributed by atoms with van der Waals surface area (Å²) >= 11 is 0. The van der Waals surface area contributed by atoms with E-state index in [0.29, 0.717) is 0 Å². The molecule has 310 valence electrons. The van der Waals surface area contributed by atoms with Gasteiger partial charge < -0.3 is 10.6 Å². The fourth-order valence-electron chi connectivity index (χ4n) is 8.96. The summed E-state index contributed by atoms with van der Waals surface area (Å²) in [7, 11) is 0. The van der Waals surface area contributed by atoms with Gasteiger partial charge in [0.1, 0.15) is 6.17 Å². The lowest BCUT2D eigenvalue weighted by Gasteiger charge is -2.30.